The molecule has 0 aromatic heterocycles. The van der Waals surface area contributed by atoms with Crippen molar-refractivity contribution in [1.82, 2.24) is 5.32 Å². The van der Waals surface area contributed by atoms with Gasteiger partial charge in [-0.2, -0.15) is 0 Å². The van der Waals surface area contributed by atoms with Crippen molar-refractivity contribution in [3.63, 3.8) is 0 Å². The highest BCUT2D eigenvalue weighted by Gasteiger charge is 2.23. The first-order valence-corrected chi connectivity index (χ1v) is 25.6. The molecule has 0 fully saturated rings. The molecule has 9 heteroatoms. The standard InChI is InChI=1S/C50H93N2O6P/c1-6-8-10-12-14-16-18-20-22-23-24-25-26-27-28-30-31-33-35-37-39-41-43-49(53)48(47-58-59(55,56)57-46-45-52(3,4)5)51-50(54)44-42-40-38-36-34-32-29-21-19-17-15-13-11-9-7-2/h15,17,21,27-29,33,35,41,43,48-49,53H,6-14,16,18-20,22-26,30-32,34,36-40,42,44-47H2,1-5H3,(H-,51,54,55,56)/b17-15-,28-27+,29-21-,35-33+,43-41+. The van der Waals surface area contributed by atoms with Crippen LogP contribution in [0.1, 0.15) is 200 Å². The number of aliphatic hydroxyl groups excluding tert-OH is 1. The highest BCUT2D eigenvalue weighted by atomic mass is 31.2. The van der Waals surface area contributed by atoms with Crippen LogP contribution in [-0.4, -0.2) is 68.5 Å². The average Bonchev–Trinajstić information content (AvgIpc) is 3.19. The van der Waals surface area contributed by atoms with E-state index < -0.39 is 26.6 Å². The van der Waals surface area contributed by atoms with Crippen LogP contribution in [0.5, 0.6) is 0 Å². The van der Waals surface area contributed by atoms with Crippen molar-refractivity contribution in [3.05, 3.63) is 60.8 Å². The van der Waals surface area contributed by atoms with E-state index in [0.29, 0.717) is 17.4 Å². The van der Waals surface area contributed by atoms with Crippen LogP contribution < -0.4 is 10.2 Å². The van der Waals surface area contributed by atoms with Gasteiger partial charge in [-0.25, -0.2) is 0 Å². The Balaban J connectivity index is 4.46. The van der Waals surface area contributed by atoms with E-state index in [-0.39, 0.29) is 12.5 Å². The van der Waals surface area contributed by atoms with Crippen molar-refractivity contribution in [1.29, 1.82) is 0 Å². The first kappa shape index (κ1) is 57.2. The fourth-order valence-corrected chi connectivity index (χ4v) is 7.29. The van der Waals surface area contributed by atoms with Gasteiger partial charge in [-0.05, 0) is 77.0 Å². The van der Waals surface area contributed by atoms with Gasteiger partial charge >= 0.3 is 0 Å². The van der Waals surface area contributed by atoms with Crippen LogP contribution in [0, 0.1) is 0 Å². The van der Waals surface area contributed by atoms with E-state index in [2.05, 4.69) is 67.8 Å². The van der Waals surface area contributed by atoms with Crippen LogP contribution >= 0.6 is 7.82 Å². The van der Waals surface area contributed by atoms with Crippen molar-refractivity contribution in [2.45, 2.75) is 212 Å². The largest absolute Gasteiger partial charge is 0.756 e. The highest BCUT2D eigenvalue weighted by molar-refractivity contribution is 7.45. The zero-order valence-corrected chi connectivity index (χ0v) is 39.8. The van der Waals surface area contributed by atoms with Crippen molar-refractivity contribution >= 4 is 13.7 Å². The summed E-state index contributed by atoms with van der Waals surface area (Å²) in [7, 11) is 1.22. The lowest BCUT2D eigenvalue weighted by Gasteiger charge is -2.29. The normalized spacial score (nSPS) is 14.8. The third-order valence-electron chi connectivity index (χ3n) is 10.4. The molecule has 3 unspecified atom stereocenters. The number of hydrogen-bond acceptors (Lipinski definition) is 6. The second-order valence-corrected chi connectivity index (χ2v) is 18.8. The SMILES string of the molecule is CCCCC/C=C\C/C=C\CCCCCCCC(=O)NC(COP(=O)([O-])OCC[N+](C)(C)C)C(O)/C=C/CC/C=C/CC/C=C/CCCCCCCCCCCCCC. The van der Waals surface area contributed by atoms with Crippen LogP contribution in [0.25, 0.3) is 0 Å². The molecule has 3 atom stereocenters. The van der Waals surface area contributed by atoms with Crippen LogP contribution in [0.3, 0.4) is 0 Å². The Morgan fingerprint density at radius 3 is 1.51 bits per heavy atom. The number of likely N-dealkylation sites (N-methyl/N-ethyl adjacent to an activating group) is 1. The molecule has 0 aromatic carbocycles. The van der Waals surface area contributed by atoms with E-state index in [9.17, 15) is 19.4 Å². The Morgan fingerprint density at radius 2 is 1.00 bits per heavy atom. The number of hydrogen-bond donors (Lipinski definition) is 2. The minimum absolute atomic E-state index is 0.0140. The molecule has 0 aliphatic heterocycles. The van der Waals surface area contributed by atoms with Gasteiger partial charge in [-0.1, -0.05) is 177 Å². The third-order valence-corrected chi connectivity index (χ3v) is 11.4. The monoisotopic (exact) mass is 849 g/mol. The smallest absolute Gasteiger partial charge is 0.268 e. The second kappa shape index (κ2) is 41.5. The van der Waals surface area contributed by atoms with Gasteiger partial charge in [0.05, 0.1) is 39.9 Å². The lowest BCUT2D eigenvalue weighted by Crippen LogP contribution is -2.45. The zero-order valence-electron chi connectivity index (χ0n) is 38.9. The van der Waals surface area contributed by atoms with E-state index in [1.165, 1.54) is 109 Å². The highest BCUT2D eigenvalue weighted by Crippen LogP contribution is 2.38. The third kappa shape index (κ3) is 44.1. The fourth-order valence-electron chi connectivity index (χ4n) is 6.57. The zero-order chi connectivity index (χ0) is 43.6. The van der Waals surface area contributed by atoms with Gasteiger partial charge in [0, 0.05) is 6.42 Å². The van der Waals surface area contributed by atoms with Crippen molar-refractivity contribution < 1.29 is 32.9 Å². The van der Waals surface area contributed by atoms with Crippen molar-refractivity contribution in [2.24, 2.45) is 0 Å². The summed E-state index contributed by atoms with van der Waals surface area (Å²) in [5, 5.41) is 13.8. The lowest BCUT2D eigenvalue weighted by molar-refractivity contribution is -0.870. The predicted molar refractivity (Wildman–Crippen MR) is 251 cm³/mol. The number of amides is 1. The Kier molecular flexibility index (Phi) is 40.3. The maximum atomic E-state index is 12.9. The van der Waals surface area contributed by atoms with Gasteiger partial charge in [-0.15, -0.1) is 0 Å². The average molecular weight is 849 g/mol. The molecule has 0 heterocycles. The maximum Gasteiger partial charge on any atom is 0.268 e. The molecule has 0 aromatic rings. The molecule has 0 aliphatic rings. The quantitative estimate of drug-likeness (QED) is 0.0274. The minimum Gasteiger partial charge on any atom is -0.756 e. The molecule has 0 saturated heterocycles. The molecule has 0 bridgehead atoms. The predicted octanol–water partition coefficient (Wildman–Crippen LogP) is 13.2. The van der Waals surface area contributed by atoms with Gasteiger partial charge in [0.2, 0.25) is 5.91 Å². The molecular formula is C50H93N2O6P. The maximum absolute atomic E-state index is 12.9. The van der Waals surface area contributed by atoms with Crippen LogP contribution in [0.4, 0.5) is 0 Å². The summed E-state index contributed by atoms with van der Waals surface area (Å²) in [4.78, 5) is 25.3. The van der Waals surface area contributed by atoms with Gasteiger partial charge in [-0.3, -0.25) is 9.36 Å². The number of carbonyl (C=O) groups is 1. The summed E-state index contributed by atoms with van der Waals surface area (Å²) in [5.41, 5.74) is 0. The number of phosphoric ester groups is 1. The molecule has 0 rings (SSSR count). The Hall–Kier alpha value is -1.80. The summed E-state index contributed by atoms with van der Waals surface area (Å²) >= 11 is 0. The van der Waals surface area contributed by atoms with Crippen molar-refractivity contribution in [3.8, 4) is 0 Å². The molecule has 344 valence electrons. The summed E-state index contributed by atoms with van der Waals surface area (Å²) in [6.45, 7) is 4.57. The Morgan fingerprint density at radius 1 is 0.593 bits per heavy atom. The van der Waals surface area contributed by atoms with E-state index in [1.807, 2.05) is 27.2 Å². The van der Waals surface area contributed by atoms with E-state index >= 15 is 0 Å². The van der Waals surface area contributed by atoms with E-state index in [1.54, 1.807) is 6.08 Å². The molecule has 2 N–H and O–H groups in total. The lowest BCUT2D eigenvalue weighted by atomic mass is 10.0. The molecule has 0 saturated carbocycles. The number of rotatable bonds is 43. The number of allylic oxidation sites excluding steroid dienone is 9. The molecule has 59 heavy (non-hydrogen) atoms. The number of carbonyl (C=O) groups excluding carboxylic acids is 1. The summed E-state index contributed by atoms with van der Waals surface area (Å²) in [6.07, 6.45) is 54.2. The first-order chi connectivity index (χ1) is 28.5. The molecule has 0 radical (unpaired) electrons. The molecule has 1 amide bonds. The van der Waals surface area contributed by atoms with E-state index in [0.717, 1.165) is 70.6 Å². The Labute approximate surface area is 364 Å². The second-order valence-electron chi connectivity index (χ2n) is 17.4. The van der Waals surface area contributed by atoms with Crippen LogP contribution in [0.15, 0.2) is 60.8 Å². The summed E-state index contributed by atoms with van der Waals surface area (Å²) < 4.78 is 23.2. The molecule has 0 aliphatic carbocycles. The fraction of sp³-hybridized carbons (Fsp3) is 0.780. The van der Waals surface area contributed by atoms with Crippen LogP contribution in [0.2, 0.25) is 0 Å². The number of nitrogens with zero attached hydrogens (tertiary/aromatic N) is 1. The van der Waals surface area contributed by atoms with Crippen molar-refractivity contribution in [2.75, 3.05) is 40.9 Å². The topological polar surface area (TPSA) is 108 Å². The first-order valence-electron chi connectivity index (χ1n) is 24.2. The minimum atomic E-state index is -4.61. The Bertz CT molecular complexity index is 1140. The molecule has 8 nitrogen and oxygen atoms in total. The van der Waals surface area contributed by atoms with Crippen LogP contribution in [-0.2, 0) is 18.4 Å². The number of unbranched alkanes of at least 4 members (excludes halogenated alkanes) is 22. The molecule has 0 spiro atoms. The molecular weight excluding hydrogens is 756 g/mol. The van der Waals surface area contributed by atoms with Gasteiger partial charge in [0.15, 0.2) is 0 Å². The number of quaternary nitrogens is 1. The van der Waals surface area contributed by atoms with Gasteiger partial charge in [0.1, 0.15) is 13.2 Å². The summed E-state index contributed by atoms with van der Waals surface area (Å²) in [6, 6.07) is -0.918. The van der Waals surface area contributed by atoms with Gasteiger partial charge < -0.3 is 28.8 Å². The number of nitrogens with one attached hydrogen (secondary N) is 1. The van der Waals surface area contributed by atoms with E-state index in [4.69, 9.17) is 9.05 Å². The van der Waals surface area contributed by atoms with Gasteiger partial charge in [0.25, 0.3) is 7.82 Å². The number of phosphoric acid groups is 1. The number of aliphatic hydroxyl groups is 1. The summed E-state index contributed by atoms with van der Waals surface area (Å²) in [5.74, 6) is -0.227.